The summed E-state index contributed by atoms with van der Waals surface area (Å²) in [5.41, 5.74) is 1.38. The van der Waals surface area contributed by atoms with Crippen molar-refractivity contribution < 1.29 is 0 Å². The molecule has 2 heteroatoms. The van der Waals surface area contributed by atoms with Crippen molar-refractivity contribution in [1.29, 1.82) is 0 Å². The Hall–Kier alpha value is -0.720. The first-order chi connectivity index (χ1) is 6.38. The van der Waals surface area contributed by atoms with Crippen LogP contribution < -0.4 is 0 Å². The monoisotopic (exact) mass is 191 g/mol. The second-order valence-electron chi connectivity index (χ2n) is 3.39. The van der Waals surface area contributed by atoms with E-state index < -0.39 is 0 Å². The maximum absolute atomic E-state index is 3.96. The van der Waals surface area contributed by atoms with E-state index >= 15 is 0 Å². The fraction of sp³-hybridized carbons (Fsp3) is 0.455. The molecule has 1 saturated heterocycles. The van der Waals surface area contributed by atoms with Crippen molar-refractivity contribution in [3.63, 3.8) is 0 Å². The first kappa shape index (κ1) is 8.86. The molecule has 2 heterocycles. The molecule has 0 amide bonds. The minimum atomic E-state index is 0.654. The van der Waals surface area contributed by atoms with Crippen LogP contribution >= 0.6 is 11.8 Å². The zero-order valence-corrected chi connectivity index (χ0v) is 8.55. The van der Waals surface area contributed by atoms with Crippen LogP contribution in [0.15, 0.2) is 35.0 Å². The highest BCUT2D eigenvalue weighted by Gasteiger charge is 2.25. The summed E-state index contributed by atoms with van der Waals surface area (Å²) in [4.78, 5) is 3.96. The van der Waals surface area contributed by atoms with Crippen molar-refractivity contribution in [2.45, 2.75) is 18.6 Å². The summed E-state index contributed by atoms with van der Waals surface area (Å²) in [6.07, 6.45) is 9.31. The number of hydrogen-bond donors (Lipinski definition) is 0. The molecule has 13 heavy (non-hydrogen) atoms. The first-order valence-electron chi connectivity index (χ1n) is 4.65. The summed E-state index contributed by atoms with van der Waals surface area (Å²) in [6, 6.07) is 0. The summed E-state index contributed by atoms with van der Waals surface area (Å²) in [5, 5.41) is 0.822. The van der Waals surface area contributed by atoms with Crippen LogP contribution in [0, 0.1) is 5.92 Å². The van der Waals surface area contributed by atoms with Crippen LogP contribution in [0.4, 0.5) is 0 Å². The van der Waals surface area contributed by atoms with E-state index in [9.17, 15) is 0 Å². The highest BCUT2D eigenvalue weighted by molar-refractivity contribution is 8.01. The highest BCUT2D eigenvalue weighted by atomic mass is 32.2. The maximum Gasteiger partial charge on any atom is 0.0371 e. The van der Waals surface area contributed by atoms with E-state index in [0.717, 1.165) is 5.25 Å². The molecule has 2 rings (SSSR count). The Morgan fingerprint density at radius 2 is 2.54 bits per heavy atom. The van der Waals surface area contributed by atoms with E-state index in [-0.39, 0.29) is 0 Å². The quantitative estimate of drug-likeness (QED) is 0.653. The molecule has 0 radical (unpaired) electrons. The van der Waals surface area contributed by atoms with Gasteiger partial charge in [0.15, 0.2) is 0 Å². The van der Waals surface area contributed by atoms with E-state index in [1.165, 1.54) is 17.7 Å². The van der Waals surface area contributed by atoms with E-state index in [4.69, 9.17) is 0 Å². The first-order valence-corrected chi connectivity index (χ1v) is 5.70. The molecule has 0 aromatic heterocycles. The second-order valence-corrected chi connectivity index (χ2v) is 4.74. The normalized spacial score (nSPS) is 27.8. The van der Waals surface area contributed by atoms with Crippen LogP contribution in [-0.4, -0.2) is 16.9 Å². The SMILES string of the molecule is CC(C1=CC=C=NC=C1)C1CCS1. The van der Waals surface area contributed by atoms with Gasteiger partial charge in [-0.15, -0.1) is 0 Å². The fourth-order valence-corrected chi connectivity index (χ4v) is 2.52. The number of nitrogens with zero attached hydrogens (tertiary/aromatic N) is 1. The van der Waals surface area contributed by atoms with Gasteiger partial charge in [0.2, 0.25) is 0 Å². The molecule has 0 N–H and O–H groups in total. The van der Waals surface area contributed by atoms with Crippen LogP contribution in [-0.2, 0) is 0 Å². The van der Waals surface area contributed by atoms with Gasteiger partial charge in [0.05, 0.1) is 0 Å². The van der Waals surface area contributed by atoms with E-state index in [2.05, 4.69) is 41.7 Å². The number of hydrogen-bond acceptors (Lipinski definition) is 2. The lowest BCUT2D eigenvalue weighted by atomic mass is 9.95. The van der Waals surface area contributed by atoms with Crippen molar-refractivity contribution >= 4 is 17.6 Å². The van der Waals surface area contributed by atoms with Crippen molar-refractivity contribution in [3.8, 4) is 0 Å². The molecule has 0 bridgehead atoms. The molecule has 2 aliphatic heterocycles. The number of thioether (sulfide) groups is 1. The molecular weight excluding hydrogens is 178 g/mol. The summed E-state index contributed by atoms with van der Waals surface area (Å²) in [5.74, 6) is 4.82. The number of allylic oxidation sites excluding steroid dienone is 4. The number of rotatable bonds is 2. The van der Waals surface area contributed by atoms with Crippen LogP contribution in [0.2, 0.25) is 0 Å². The standard InChI is InChI=1S/C11H13NS/c1-9(11-5-8-13-11)10-3-2-6-12-7-4-10/h2-4,7,9,11H,5,8H2,1H3. The maximum atomic E-state index is 3.96. The lowest BCUT2D eigenvalue weighted by Crippen LogP contribution is -2.24. The zero-order valence-electron chi connectivity index (χ0n) is 7.73. The van der Waals surface area contributed by atoms with Gasteiger partial charge in [0.25, 0.3) is 0 Å². The van der Waals surface area contributed by atoms with Gasteiger partial charge in [-0.1, -0.05) is 6.92 Å². The Bertz CT molecular complexity index is 304. The molecule has 68 valence electrons. The lowest BCUT2D eigenvalue weighted by molar-refractivity contribution is 0.608. The molecule has 1 fully saturated rings. The molecule has 0 aliphatic carbocycles. The summed E-state index contributed by atoms with van der Waals surface area (Å²) in [6.45, 7) is 2.30. The summed E-state index contributed by atoms with van der Waals surface area (Å²) in [7, 11) is 0. The third kappa shape index (κ3) is 1.96. The van der Waals surface area contributed by atoms with Crippen LogP contribution in [0.25, 0.3) is 0 Å². The van der Waals surface area contributed by atoms with Gasteiger partial charge < -0.3 is 0 Å². The van der Waals surface area contributed by atoms with Crippen molar-refractivity contribution in [3.05, 3.63) is 30.0 Å². The molecule has 1 nitrogen and oxygen atoms in total. The molecule has 2 unspecified atom stereocenters. The van der Waals surface area contributed by atoms with Gasteiger partial charge in [0, 0.05) is 11.4 Å². The predicted octanol–water partition coefficient (Wildman–Crippen LogP) is 2.81. The van der Waals surface area contributed by atoms with E-state index in [0.29, 0.717) is 5.92 Å². The summed E-state index contributed by atoms with van der Waals surface area (Å²) < 4.78 is 0. The van der Waals surface area contributed by atoms with Gasteiger partial charge in [-0.2, -0.15) is 11.8 Å². The summed E-state index contributed by atoms with van der Waals surface area (Å²) >= 11 is 2.07. The van der Waals surface area contributed by atoms with Crippen LogP contribution in [0.5, 0.6) is 0 Å². The minimum absolute atomic E-state index is 0.654. The Labute approximate surface area is 83.3 Å². The van der Waals surface area contributed by atoms with Crippen LogP contribution in [0.1, 0.15) is 13.3 Å². The molecule has 0 aromatic carbocycles. The Kier molecular flexibility index (Phi) is 2.72. The zero-order chi connectivity index (χ0) is 9.10. The van der Waals surface area contributed by atoms with Crippen LogP contribution in [0.3, 0.4) is 0 Å². The molecule has 2 aliphatic rings. The Morgan fingerprint density at radius 3 is 3.23 bits per heavy atom. The minimum Gasteiger partial charge on any atom is -0.214 e. The van der Waals surface area contributed by atoms with E-state index in [1.54, 1.807) is 0 Å². The smallest absolute Gasteiger partial charge is 0.0371 e. The Balaban J connectivity index is 2.07. The number of aliphatic imine (C=N–C) groups is 1. The van der Waals surface area contributed by atoms with Gasteiger partial charge in [0.1, 0.15) is 0 Å². The van der Waals surface area contributed by atoms with Gasteiger partial charge in [-0.05, 0) is 47.8 Å². The van der Waals surface area contributed by atoms with Crippen molar-refractivity contribution in [2.24, 2.45) is 10.9 Å². The van der Waals surface area contributed by atoms with Gasteiger partial charge in [-0.25, -0.2) is 4.99 Å². The second kappa shape index (κ2) is 3.99. The largest absolute Gasteiger partial charge is 0.214 e. The topological polar surface area (TPSA) is 12.4 Å². The average Bonchev–Trinajstić information content (AvgIpc) is 2.27. The van der Waals surface area contributed by atoms with Crippen molar-refractivity contribution in [2.75, 3.05) is 5.75 Å². The third-order valence-electron chi connectivity index (χ3n) is 2.58. The molecule has 0 spiro atoms. The fourth-order valence-electron chi connectivity index (χ4n) is 1.56. The Morgan fingerprint density at radius 1 is 1.69 bits per heavy atom. The third-order valence-corrected chi connectivity index (χ3v) is 4.13. The molecule has 2 atom stereocenters. The predicted molar refractivity (Wildman–Crippen MR) is 59.3 cm³/mol. The molecule has 0 aromatic rings. The lowest BCUT2D eigenvalue weighted by Gasteiger charge is -2.31. The van der Waals surface area contributed by atoms with E-state index in [1.807, 2.05) is 12.3 Å². The average molecular weight is 191 g/mol. The highest BCUT2D eigenvalue weighted by Crippen LogP contribution is 2.37. The molecule has 0 saturated carbocycles. The van der Waals surface area contributed by atoms with Crippen molar-refractivity contribution in [1.82, 2.24) is 0 Å². The molecular formula is C11H13NS. The van der Waals surface area contributed by atoms with Gasteiger partial charge in [-0.3, -0.25) is 0 Å². The van der Waals surface area contributed by atoms with Gasteiger partial charge >= 0.3 is 0 Å².